The van der Waals surface area contributed by atoms with Gasteiger partial charge < -0.3 is 9.47 Å². The van der Waals surface area contributed by atoms with E-state index in [9.17, 15) is 4.89 Å². The van der Waals surface area contributed by atoms with E-state index >= 15 is 0 Å². The zero-order chi connectivity index (χ0) is 19.7. The van der Waals surface area contributed by atoms with Gasteiger partial charge in [0, 0.05) is 5.56 Å². The summed E-state index contributed by atoms with van der Waals surface area (Å²) in [5.41, 5.74) is 0.980. The molecule has 1 fully saturated rings. The summed E-state index contributed by atoms with van der Waals surface area (Å²) in [4.78, 5) is 10.0. The van der Waals surface area contributed by atoms with E-state index in [1.165, 1.54) is 0 Å². The molecule has 1 aliphatic heterocycles. The Morgan fingerprint density at radius 3 is 2.74 bits per heavy atom. The molecule has 150 valence electrons. The quantitative estimate of drug-likeness (QED) is 0.220. The zero-order valence-corrected chi connectivity index (χ0v) is 21.8. The predicted molar refractivity (Wildman–Crippen MR) is 105 cm³/mol. The molecule has 1 aliphatic rings. The van der Waals surface area contributed by atoms with Crippen LogP contribution in [-0.4, -0.2) is 70.3 Å². The summed E-state index contributed by atoms with van der Waals surface area (Å²) in [6.45, 7) is -0.0306. The summed E-state index contributed by atoms with van der Waals surface area (Å²) in [6, 6.07) is 7.68. The van der Waals surface area contributed by atoms with E-state index < -0.39 is 6.72 Å². The molecule has 1 N–H and O–H groups in total. The maximum atomic E-state index is 10.0. The van der Waals surface area contributed by atoms with Crippen molar-refractivity contribution in [3.63, 3.8) is 0 Å². The molecular weight excluding hydrogens is 584 g/mol. The fraction of sp³-hybridized carbons (Fsp3) is 0.647. The molecule has 0 amide bonds. The van der Waals surface area contributed by atoms with Gasteiger partial charge >= 0.3 is 124 Å². The molecule has 1 saturated heterocycles. The second-order valence-corrected chi connectivity index (χ2v) is 10.3. The van der Waals surface area contributed by atoms with Gasteiger partial charge in [0.05, 0.1) is 7.11 Å². The van der Waals surface area contributed by atoms with Gasteiger partial charge in [-0.2, -0.15) is 0 Å². The Kier molecular flexibility index (Phi) is 10.6. The molecule has 0 bridgehead atoms. The minimum absolute atomic E-state index is 0.0530. The van der Waals surface area contributed by atoms with E-state index in [-0.39, 0.29) is 18.5 Å². The summed E-state index contributed by atoms with van der Waals surface area (Å²) in [5, 5.41) is 0. The van der Waals surface area contributed by atoms with Gasteiger partial charge in [-0.15, -0.1) is 0 Å². The Bertz CT molecular complexity index is 603. The van der Waals surface area contributed by atoms with Gasteiger partial charge in [0.2, 0.25) is 0 Å². The Labute approximate surface area is 182 Å². The molecular formula is C17H26O7PSTl. The van der Waals surface area contributed by atoms with Crippen molar-refractivity contribution in [2.24, 2.45) is 0 Å². The number of hydrogen-bond acceptors (Lipinski definition) is 7. The van der Waals surface area contributed by atoms with Crippen LogP contribution in [0.1, 0.15) is 38.0 Å². The topological polar surface area (TPSA) is 75.6 Å². The fourth-order valence-electron chi connectivity index (χ4n) is 2.61. The summed E-state index contributed by atoms with van der Waals surface area (Å²) >= 11 is 5.44. The molecule has 27 heavy (non-hydrogen) atoms. The molecule has 4 unspecified atom stereocenters. The van der Waals surface area contributed by atoms with Gasteiger partial charge in [-0.05, 0) is 12.1 Å². The molecule has 10 heteroatoms. The molecule has 0 spiro atoms. The molecule has 1 heterocycles. The minimum atomic E-state index is -3.19. The Balaban J connectivity index is 1.61. The molecule has 1 aromatic carbocycles. The summed E-state index contributed by atoms with van der Waals surface area (Å²) in [6.07, 6.45) is 1.97. The number of methoxy groups -OCH3 is 1. The van der Waals surface area contributed by atoms with Crippen LogP contribution < -0.4 is 4.74 Å². The van der Waals surface area contributed by atoms with E-state index in [0.717, 1.165) is 30.6 Å². The first kappa shape index (κ1) is 23.6. The fourth-order valence-corrected chi connectivity index (χ4v) is 5.27. The van der Waals surface area contributed by atoms with Crippen molar-refractivity contribution < 1.29 is 30.8 Å². The van der Waals surface area contributed by atoms with E-state index in [4.69, 9.17) is 37.8 Å². The van der Waals surface area contributed by atoms with E-state index in [2.05, 4.69) is 0 Å². The van der Waals surface area contributed by atoms with Gasteiger partial charge in [-0.1, -0.05) is 12.1 Å². The van der Waals surface area contributed by atoms with Gasteiger partial charge in [-0.3, -0.25) is 0 Å². The molecule has 1 aromatic rings. The normalized spacial score (nSPS) is 23.0. The van der Waals surface area contributed by atoms with E-state index in [1.807, 2.05) is 24.3 Å². The monoisotopic (exact) mass is 610 g/mol. The predicted octanol–water partition coefficient (Wildman–Crippen LogP) is 3.02. The van der Waals surface area contributed by atoms with Crippen molar-refractivity contribution in [3.05, 3.63) is 29.8 Å². The minimum Gasteiger partial charge on any atom is -0.0503 e. The first-order chi connectivity index (χ1) is 12.9. The Morgan fingerprint density at radius 2 is 2.07 bits per heavy atom. The summed E-state index contributed by atoms with van der Waals surface area (Å²) in [7, 11) is 1.64. The zero-order valence-electron chi connectivity index (χ0n) is 15.6. The summed E-state index contributed by atoms with van der Waals surface area (Å²) in [5.74, 6) is 0.806. The molecule has 4 atom stereocenters. The van der Waals surface area contributed by atoms with Crippen molar-refractivity contribution in [2.75, 3.05) is 26.9 Å². The molecule has 0 aliphatic carbocycles. The average molecular weight is 610 g/mol. The van der Waals surface area contributed by atoms with Crippen molar-refractivity contribution in [1.82, 2.24) is 0 Å². The van der Waals surface area contributed by atoms with Gasteiger partial charge in [0.15, 0.2) is 6.29 Å². The third kappa shape index (κ3) is 8.71. The van der Waals surface area contributed by atoms with E-state index in [0.29, 0.717) is 46.0 Å². The van der Waals surface area contributed by atoms with Crippen molar-refractivity contribution in [2.45, 2.75) is 44.7 Å². The van der Waals surface area contributed by atoms with Crippen LogP contribution in [0.15, 0.2) is 24.3 Å². The van der Waals surface area contributed by atoms with Crippen LogP contribution in [0, 0.1) is 0 Å². The van der Waals surface area contributed by atoms with Crippen LogP contribution in [0.3, 0.4) is 0 Å². The maximum absolute atomic E-state index is 10.0. The van der Waals surface area contributed by atoms with E-state index in [1.54, 1.807) is 14.0 Å². The van der Waals surface area contributed by atoms with Gasteiger partial charge in [0.1, 0.15) is 5.75 Å². The van der Waals surface area contributed by atoms with Crippen LogP contribution >= 0.6 is 6.72 Å². The van der Waals surface area contributed by atoms with Crippen molar-refractivity contribution in [3.8, 4) is 5.75 Å². The molecule has 0 saturated carbocycles. The number of ether oxygens (including phenoxy) is 3. The molecule has 2 rings (SSSR count). The molecule has 7 nitrogen and oxygen atoms in total. The third-order valence-electron chi connectivity index (χ3n) is 3.96. The third-order valence-corrected chi connectivity index (χ3v) is 6.41. The SMILES string of the molecule is COc1ccc(C2OCC(CCCCOP(O)(=S)OC(C)C[O][Tl])O2)cc1. The molecule has 0 aromatic heterocycles. The number of unbranched alkanes of at least 4 members (excludes halogenated alkanes) is 1. The first-order valence-corrected chi connectivity index (χ1v) is 13.2. The second-order valence-electron chi connectivity index (χ2n) is 6.24. The van der Waals surface area contributed by atoms with Gasteiger partial charge in [-0.25, -0.2) is 0 Å². The molecule has 0 radical (unpaired) electrons. The van der Waals surface area contributed by atoms with Crippen LogP contribution in [0.25, 0.3) is 0 Å². The van der Waals surface area contributed by atoms with Crippen LogP contribution in [0.2, 0.25) is 0 Å². The standard InChI is InChI=1S/C17H26O7PS.Tl/c1-13(11-18)24-25(19,26)22-10-4-3-5-16-12-21-17(23-16)14-6-8-15(20-2)9-7-14;/h6-9,13,16-17H,3-5,10-12H2,1-2H3,(H,19,26);/q-1;+1. The number of rotatable bonds is 12. The van der Waals surface area contributed by atoms with Crippen molar-refractivity contribution in [1.29, 1.82) is 0 Å². The average Bonchev–Trinajstić information content (AvgIpc) is 3.10. The second kappa shape index (κ2) is 12.1. The Morgan fingerprint density at radius 1 is 1.33 bits per heavy atom. The van der Waals surface area contributed by atoms with Crippen LogP contribution in [0.5, 0.6) is 5.75 Å². The summed E-state index contributed by atoms with van der Waals surface area (Å²) < 4.78 is 32.7. The number of benzene rings is 1. The number of hydrogen-bond donors (Lipinski definition) is 1. The van der Waals surface area contributed by atoms with Gasteiger partial charge in [0.25, 0.3) is 0 Å². The van der Waals surface area contributed by atoms with Crippen LogP contribution in [-0.2, 0) is 33.0 Å². The van der Waals surface area contributed by atoms with Crippen molar-refractivity contribution >= 4 is 44.7 Å². The van der Waals surface area contributed by atoms with Crippen LogP contribution in [0.4, 0.5) is 0 Å². The first-order valence-electron chi connectivity index (χ1n) is 8.82. The smallest absolute Gasteiger partial charge is 0.0503 e. The Hall–Kier alpha value is 0.352.